The van der Waals surface area contributed by atoms with Crippen molar-refractivity contribution >= 4 is 29.1 Å². The number of nitrogens with zero attached hydrogens (tertiary/aromatic N) is 3. The molecule has 31 heavy (non-hydrogen) atoms. The Labute approximate surface area is 187 Å². The second kappa shape index (κ2) is 9.63. The van der Waals surface area contributed by atoms with Gasteiger partial charge in [-0.1, -0.05) is 61.3 Å². The van der Waals surface area contributed by atoms with Gasteiger partial charge < -0.3 is 10.2 Å². The van der Waals surface area contributed by atoms with E-state index in [0.29, 0.717) is 32.6 Å². The average Bonchev–Trinajstić information content (AvgIpc) is 3.34. The SMILES string of the molecule is CC.NC(=O)c1nn(-c2ccccc2Cl)c(-c2ccc(Cl)cc2)c1Cc1n[nH]c(=O)o1. The Kier molecular flexibility index (Phi) is 6.94. The summed E-state index contributed by atoms with van der Waals surface area (Å²) in [7, 11) is 0. The zero-order valence-electron chi connectivity index (χ0n) is 16.7. The second-order valence-corrected chi connectivity index (χ2v) is 6.94. The molecule has 0 aliphatic rings. The summed E-state index contributed by atoms with van der Waals surface area (Å²) in [5, 5.41) is 11.4. The minimum absolute atomic E-state index is 0.0133. The number of nitrogens with two attached hydrogens (primary N) is 1. The lowest BCUT2D eigenvalue weighted by Gasteiger charge is -2.11. The van der Waals surface area contributed by atoms with E-state index < -0.39 is 11.7 Å². The van der Waals surface area contributed by atoms with Gasteiger partial charge in [-0.2, -0.15) is 5.10 Å². The van der Waals surface area contributed by atoms with Gasteiger partial charge in [-0.15, -0.1) is 5.10 Å². The molecule has 2 aromatic carbocycles. The summed E-state index contributed by atoms with van der Waals surface area (Å²) in [5.74, 6) is -1.35. The van der Waals surface area contributed by atoms with E-state index >= 15 is 0 Å². The third-order valence-corrected chi connectivity index (χ3v) is 4.80. The van der Waals surface area contributed by atoms with E-state index in [-0.39, 0.29) is 18.0 Å². The fourth-order valence-corrected chi connectivity index (χ4v) is 3.35. The Balaban J connectivity index is 0.00000132. The van der Waals surface area contributed by atoms with Crippen molar-refractivity contribution in [1.82, 2.24) is 20.0 Å². The van der Waals surface area contributed by atoms with Gasteiger partial charge in [-0.25, -0.2) is 14.6 Å². The van der Waals surface area contributed by atoms with Crippen molar-refractivity contribution in [3.8, 4) is 16.9 Å². The quantitative estimate of drug-likeness (QED) is 0.462. The van der Waals surface area contributed by atoms with Gasteiger partial charge in [-0.05, 0) is 24.3 Å². The van der Waals surface area contributed by atoms with Gasteiger partial charge in [0.1, 0.15) is 0 Å². The Morgan fingerprint density at radius 1 is 1.13 bits per heavy atom. The number of aromatic nitrogens is 4. The molecule has 0 fully saturated rings. The Morgan fingerprint density at radius 2 is 1.81 bits per heavy atom. The molecule has 4 aromatic rings. The summed E-state index contributed by atoms with van der Waals surface area (Å²) in [4.78, 5) is 23.5. The van der Waals surface area contributed by atoms with Crippen LogP contribution in [0.4, 0.5) is 0 Å². The standard InChI is InChI=1S/C19H13Cl2N5O3.C2H6/c20-11-7-5-10(6-8-11)17-12(9-15-23-24-19(28)29-15)16(18(22)27)25-26(17)14-4-2-1-3-13(14)21;1-2/h1-8H,9H2,(H2,22,27)(H,24,28);1-2H3. The molecule has 0 radical (unpaired) electrons. The van der Waals surface area contributed by atoms with Gasteiger partial charge in [0, 0.05) is 16.1 Å². The van der Waals surface area contributed by atoms with E-state index in [1.165, 1.54) is 4.68 Å². The van der Waals surface area contributed by atoms with Gasteiger partial charge in [0.15, 0.2) is 5.69 Å². The smallest absolute Gasteiger partial charge is 0.392 e. The number of amides is 1. The number of carbonyl (C=O) groups excluding carboxylic acids is 1. The molecule has 0 saturated carbocycles. The molecule has 0 atom stereocenters. The summed E-state index contributed by atoms with van der Waals surface area (Å²) in [6.07, 6.45) is 0.0133. The van der Waals surface area contributed by atoms with Crippen LogP contribution in [0.2, 0.25) is 10.0 Å². The molecule has 0 unspecified atom stereocenters. The third kappa shape index (κ3) is 4.70. The number of para-hydroxylation sites is 1. The number of primary amides is 1. The van der Waals surface area contributed by atoms with Crippen LogP contribution in [0.25, 0.3) is 16.9 Å². The molecule has 0 spiro atoms. The summed E-state index contributed by atoms with van der Waals surface area (Å²) in [6.45, 7) is 4.00. The van der Waals surface area contributed by atoms with Crippen molar-refractivity contribution < 1.29 is 9.21 Å². The summed E-state index contributed by atoms with van der Waals surface area (Å²) in [6, 6.07) is 14.0. The van der Waals surface area contributed by atoms with Gasteiger partial charge in [-0.3, -0.25) is 4.79 Å². The zero-order chi connectivity index (χ0) is 22.5. The molecule has 2 aromatic heterocycles. The van der Waals surface area contributed by atoms with Crippen molar-refractivity contribution in [3.63, 3.8) is 0 Å². The highest BCUT2D eigenvalue weighted by Crippen LogP contribution is 2.33. The van der Waals surface area contributed by atoms with Crippen LogP contribution in [0.1, 0.15) is 35.8 Å². The van der Waals surface area contributed by atoms with E-state index in [2.05, 4.69) is 15.3 Å². The van der Waals surface area contributed by atoms with Gasteiger partial charge in [0.2, 0.25) is 5.89 Å². The van der Waals surface area contributed by atoms with Gasteiger partial charge in [0.25, 0.3) is 5.91 Å². The normalized spacial score (nSPS) is 10.5. The maximum absolute atomic E-state index is 12.2. The molecule has 4 rings (SSSR count). The van der Waals surface area contributed by atoms with Gasteiger partial charge >= 0.3 is 5.76 Å². The second-order valence-electron chi connectivity index (χ2n) is 6.09. The first kappa shape index (κ1) is 22.3. The Morgan fingerprint density at radius 3 is 2.39 bits per heavy atom. The number of hydrogen-bond acceptors (Lipinski definition) is 5. The van der Waals surface area contributed by atoms with E-state index in [4.69, 9.17) is 33.4 Å². The fraction of sp³-hybridized carbons (Fsp3) is 0.143. The highest BCUT2D eigenvalue weighted by molar-refractivity contribution is 6.32. The summed E-state index contributed by atoms with van der Waals surface area (Å²) >= 11 is 12.4. The molecule has 10 heteroatoms. The van der Waals surface area contributed by atoms with Crippen molar-refractivity contribution in [2.24, 2.45) is 5.73 Å². The molecule has 2 heterocycles. The zero-order valence-corrected chi connectivity index (χ0v) is 18.2. The molecule has 0 bridgehead atoms. The number of aromatic amines is 1. The lowest BCUT2D eigenvalue weighted by atomic mass is 10.0. The van der Waals surface area contributed by atoms with Crippen LogP contribution in [-0.2, 0) is 6.42 Å². The number of H-pyrrole nitrogens is 1. The maximum Gasteiger partial charge on any atom is 0.434 e. The molecule has 1 amide bonds. The Hall–Kier alpha value is -3.36. The monoisotopic (exact) mass is 459 g/mol. The molecular weight excluding hydrogens is 441 g/mol. The van der Waals surface area contributed by atoms with Crippen molar-refractivity contribution in [1.29, 1.82) is 0 Å². The van der Waals surface area contributed by atoms with Crippen LogP contribution in [0.15, 0.2) is 57.7 Å². The number of benzene rings is 2. The molecule has 3 N–H and O–H groups in total. The predicted molar refractivity (Wildman–Crippen MR) is 119 cm³/mol. The van der Waals surface area contributed by atoms with Crippen molar-refractivity contribution in [2.45, 2.75) is 20.3 Å². The largest absolute Gasteiger partial charge is 0.434 e. The van der Waals surface area contributed by atoms with E-state index in [9.17, 15) is 9.59 Å². The van der Waals surface area contributed by atoms with Crippen molar-refractivity contribution in [3.05, 3.63) is 86.3 Å². The van der Waals surface area contributed by atoms with Crippen molar-refractivity contribution in [2.75, 3.05) is 0 Å². The van der Waals surface area contributed by atoms with E-state index in [0.717, 1.165) is 0 Å². The van der Waals surface area contributed by atoms with Crippen LogP contribution in [0.5, 0.6) is 0 Å². The number of nitrogens with one attached hydrogen (secondary N) is 1. The van der Waals surface area contributed by atoms with E-state index in [1.807, 2.05) is 13.8 Å². The first-order valence-electron chi connectivity index (χ1n) is 9.41. The minimum Gasteiger partial charge on any atom is -0.392 e. The number of carbonyl (C=O) groups is 1. The maximum atomic E-state index is 12.2. The summed E-state index contributed by atoms with van der Waals surface area (Å²) in [5.41, 5.74) is 7.85. The topological polar surface area (TPSA) is 120 Å². The Bertz CT molecular complexity index is 1260. The highest BCUT2D eigenvalue weighted by atomic mass is 35.5. The highest BCUT2D eigenvalue weighted by Gasteiger charge is 2.26. The fourth-order valence-electron chi connectivity index (χ4n) is 3.01. The van der Waals surface area contributed by atoms with Crippen LogP contribution in [0, 0.1) is 0 Å². The van der Waals surface area contributed by atoms with E-state index in [1.54, 1.807) is 48.5 Å². The number of hydrogen-bond donors (Lipinski definition) is 2. The van der Waals surface area contributed by atoms with Crippen LogP contribution in [0.3, 0.4) is 0 Å². The molecule has 8 nitrogen and oxygen atoms in total. The molecular formula is C21H19Cl2N5O3. The third-order valence-electron chi connectivity index (χ3n) is 4.23. The summed E-state index contributed by atoms with van der Waals surface area (Å²) < 4.78 is 6.55. The predicted octanol–water partition coefficient (Wildman–Crippen LogP) is 4.24. The van der Waals surface area contributed by atoms with Crippen LogP contribution < -0.4 is 11.5 Å². The van der Waals surface area contributed by atoms with Gasteiger partial charge in [0.05, 0.1) is 22.8 Å². The first-order valence-corrected chi connectivity index (χ1v) is 10.2. The molecule has 0 saturated heterocycles. The van der Waals surface area contributed by atoms with Crippen LogP contribution in [-0.4, -0.2) is 25.9 Å². The lowest BCUT2D eigenvalue weighted by Crippen LogP contribution is -2.14. The molecule has 0 aliphatic carbocycles. The van der Waals surface area contributed by atoms with Crippen LogP contribution >= 0.6 is 23.2 Å². The molecule has 0 aliphatic heterocycles. The number of halogens is 2. The minimum atomic E-state index is -0.737. The first-order chi connectivity index (χ1) is 14.9. The molecule has 160 valence electrons. The lowest BCUT2D eigenvalue weighted by molar-refractivity contribution is 0.0994. The average molecular weight is 460 g/mol. The number of rotatable bonds is 5.